The molecule has 2 aliphatic heterocycles. The Morgan fingerprint density at radius 3 is 2.05 bits per heavy atom. The molecule has 110 valence electrons. The van der Waals surface area contributed by atoms with E-state index in [0.717, 1.165) is 26.3 Å². The number of carbonyl (C=O) groups excluding carboxylic acids is 1. The molecule has 5 nitrogen and oxygen atoms in total. The van der Waals surface area contributed by atoms with Gasteiger partial charge in [-0.1, -0.05) is 0 Å². The van der Waals surface area contributed by atoms with Gasteiger partial charge in [-0.15, -0.1) is 0 Å². The van der Waals surface area contributed by atoms with Crippen LogP contribution in [0.1, 0.15) is 34.6 Å². The highest BCUT2D eigenvalue weighted by molar-refractivity contribution is 5.68. The van der Waals surface area contributed by atoms with Crippen molar-refractivity contribution in [1.29, 1.82) is 0 Å². The normalized spacial score (nSPS) is 30.1. The molecule has 0 radical (unpaired) electrons. The molecule has 2 saturated heterocycles. The van der Waals surface area contributed by atoms with Crippen LogP contribution in [-0.2, 0) is 9.47 Å². The highest BCUT2D eigenvalue weighted by Gasteiger charge is 2.39. The maximum absolute atomic E-state index is 12.1. The van der Waals surface area contributed by atoms with E-state index in [2.05, 4.69) is 18.7 Å². The Labute approximate surface area is 115 Å². The predicted octanol–water partition coefficient (Wildman–Crippen LogP) is 1.71. The van der Waals surface area contributed by atoms with Crippen molar-refractivity contribution in [3.63, 3.8) is 0 Å². The van der Waals surface area contributed by atoms with Crippen molar-refractivity contribution >= 4 is 6.09 Å². The molecule has 0 N–H and O–H groups in total. The Morgan fingerprint density at radius 2 is 1.68 bits per heavy atom. The van der Waals surface area contributed by atoms with Gasteiger partial charge >= 0.3 is 6.09 Å². The highest BCUT2D eigenvalue weighted by Crippen LogP contribution is 2.24. The van der Waals surface area contributed by atoms with Crippen molar-refractivity contribution in [2.24, 2.45) is 0 Å². The molecule has 0 aromatic rings. The van der Waals surface area contributed by atoms with E-state index in [0.29, 0.717) is 18.1 Å². The van der Waals surface area contributed by atoms with E-state index >= 15 is 0 Å². The molecule has 19 heavy (non-hydrogen) atoms. The molecule has 0 bridgehead atoms. The third-order valence-corrected chi connectivity index (χ3v) is 3.68. The average molecular weight is 270 g/mol. The fourth-order valence-corrected chi connectivity index (χ4v) is 2.93. The molecule has 0 aromatic heterocycles. The van der Waals surface area contributed by atoms with Crippen LogP contribution in [0.5, 0.6) is 0 Å². The largest absolute Gasteiger partial charge is 0.444 e. The van der Waals surface area contributed by atoms with Crippen molar-refractivity contribution < 1.29 is 14.3 Å². The summed E-state index contributed by atoms with van der Waals surface area (Å²) in [7, 11) is 0. The zero-order valence-corrected chi connectivity index (χ0v) is 12.7. The molecule has 1 amide bonds. The lowest BCUT2D eigenvalue weighted by molar-refractivity contribution is -0.111. The summed E-state index contributed by atoms with van der Waals surface area (Å²) in [6, 6.07) is 1.22. The van der Waals surface area contributed by atoms with Gasteiger partial charge in [-0.05, 0) is 34.6 Å². The second-order valence-electron chi connectivity index (χ2n) is 6.72. The molecule has 0 aliphatic carbocycles. The molecule has 2 rings (SSSR count). The zero-order valence-electron chi connectivity index (χ0n) is 12.7. The van der Waals surface area contributed by atoms with Crippen LogP contribution < -0.4 is 0 Å². The Balaban J connectivity index is 1.94. The second-order valence-corrected chi connectivity index (χ2v) is 6.72. The summed E-state index contributed by atoms with van der Waals surface area (Å²) >= 11 is 0. The molecular formula is C14H26N2O3. The van der Waals surface area contributed by atoms with Gasteiger partial charge in [0.2, 0.25) is 0 Å². The van der Waals surface area contributed by atoms with Crippen LogP contribution in [0.25, 0.3) is 0 Å². The summed E-state index contributed by atoms with van der Waals surface area (Å²) in [4.78, 5) is 16.4. The number of hydrogen-bond acceptors (Lipinski definition) is 4. The van der Waals surface area contributed by atoms with Gasteiger partial charge in [-0.2, -0.15) is 0 Å². The molecule has 0 spiro atoms. The van der Waals surface area contributed by atoms with Crippen LogP contribution in [0.4, 0.5) is 4.79 Å². The van der Waals surface area contributed by atoms with E-state index in [-0.39, 0.29) is 6.09 Å². The number of amides is 1. The predicted molar refractivity (Wildman–Crippen MR) is 73.2 cm³/mol. The van der Waals surface area contributed by atoms with Gasteiger partial charge in [0, 0.05) is 25.2 Å². The number of piperazine rings is 1. The lowest BCUT2D eigenvalue weighted by atomic mass is 10.0. The quantitative estimate of drug-likeness (QED) is 0.727. The number of ether oxygens (including phenoxy) is 2. The first-order valence-corrected chi connectivity index (χ1v) is 7.11. The Morgan fingerprint density at radius 1 is 1.16 bits per heavy atom. The van der Waals surface area contributed by atoms with E-state index in [1.165, 1.54) is 0 Å². The zero-order chi connectivity index (χ0) is 14.2. The first-order valence-electron chi connectivity index (χ1n) is 7.11. The van der Waals surface area contributed by atoms with E-state index in [1.807, 2.05) is 25.7 Å². The summed E-state index contributed by atoms with van der Waals surface area (Å²) in [5.74, 6) is 0. The average Bonchev–Trinajstić information content (AvgIpc) is 2.17. The minimum atomic E-state index is -0.428. The summed E-state index contributed by atoms with van der Waals surface area (Å²) in [6.45, 7) is 13.2. The van der Waals surface area contributed by atoms with Crippen molar-refractivity contribution in [1.82, 2.24) is 9.80 Å². The van der Waals surface area contributed by atoms with E-state index < -0.39 is 5.60 Å². The Kier molecular flexibility index (Phi) is 4.06. The lowest BCUT2D eigenvalue weighted by Gasteiger charge is -2.50. The van der Waals surface area contributed by atoms with Gasteiger partial charge in [-0.3, -0.25) is 4.90 Å². The molecule has 0 aromatic carbocycles. The first kappa shape index (κ1) is 14.6. The van der Waals surface area contributed by atoms with Crippen LogP contribution in [0, 0.1) is 0 Å². The lowest BCUT2D eigenvalue weighted by Crippen LogP contribution is -2.65. The summed E-state index contributed by atoms with van der Waals surface area (Å²) in [6.07, 6.45) is -0.198. The van der Waals surface area contributed by atoms with E-state index in [1.54, 1.807) is 0 Å². The monoisotopic (exact) mass is 270 g/mol. The van der Waals surface area contributed by atoms with Crippen LogP contribution in [-0.4, -0.2) is 65.9 Å². The van der Waals surface area contributed by atoms with Crippen molar-refractivity contribution in [3.8, 4) is 0 Å². The molecule has 2 heterocycles. The molecule has 2 atom stereocenters. The van der Waals surface area contributed by atoms with Crippen molar-refractivity contribution in [2.75, 3.05) is 26.3 Å². The Bertz CT molecular complexity index is 324. The number of carbonyl (C=O) groups is 1. The van der Waals surface area contributed by atoms with E-state index in [9.17, 15) is 4.79 Å². The highest BCUT2D eigenvalue weighted by atomic mass is 16.6. The van der Waals surface area contributed by atoms with Gasteiger partial charge in [0.15, 0.2) is 0 Å². The summed E-state index contributed by atoms with van der Waals surface area (Å²) in [5.41, 5.74) is -0.428. The topological polar surface area (TPSA) is 42.0 Å². The Hall–Kier alpha value is -0.810. The number of hydrogen-bond donors (Lipinski definition) is 0. The number of rotatable bonds is 1. The summed E-state index contributed by atoms with van der Waals surface area (Å²) < 4.78 is 10.7. The minimum absolute atomic E-state index is 0.198. The van der Waals surface area contributed by atoms with Gasteiger partial charge in [0.1, 0.15) is 5.60 Å². The maximum atomic E-state index is 12.1. The molecule has 2 aliphatic rings. The van der Waals surface area contributed by atoms with Gasteiger partial charge < -0.3 is 14.4 Å². The van der Waals surface area contributed by atoms with Crippen LogP contribution >= 0.6 is 0 Å². The van der Waals surface area contributed by atoms with E-state index in [4.69, 9.17) is 9.47 Å². The molecule has 2 fully saturated rings. The van der Waals surface area contributed by atoms with Gasteiger partial charge in [-0.25, -0.2) is 4.79 Å². The first-order chi connectivity index (χ1) is 8.78. The maximum Gasteiger partial charge on any atom is 0.410 e. The standard InChI is InChI=1S/C14H26N2O3/c1-10-6-15(13(17)19-14(3,4)5)7-11(2)16(10)12-8-18-9-12/h10-12H,6-9H2,1-5H3/t10-,11+. The second kappa shape index (κ2) is 5.29. The third kappa shape index (κ3) is 3.39. The molecule has 0 saturated carbocycles. The SMILES string of the molecule is C[C@@H]1CN(C(=O)OC(C)(C)C)C[C@H](C)N1C1COC1. The van der Waals surface area contributed by atoms with Gasteiger partial charge in [0.25, 0.3) is 0 Å². The van der Waals surface area contributed by atoms with Crippen LogP contribution in [0.15, 0.2) is 0 Å². The van der Waals surface area contributed by atoms with Gasteiger partial charge in [0.05, 0.1) is 19.3 Å². The van der Waals surface area contributed by atoms with Crippen LogP contribution in [0.2, 0.25) is 0 Å². The fraction of sp³-hybridized carbons (Fsp3) is 0.929. The molecular weight excluding hydrogens is 244 g/mol. The van der Waals surface area contributed by atoms with Crippen LogP contribution in [0.3, 0.4) is 0 Å². The van der Waals surface area contributed by atoms with Crippen molar-refractivity contribution in [3.05, 3.63) is 0 Å². The number of nitrogens with zero attached hydrogens (tertiary/aromatic N) is 2. The summed E-state index contributed by atoms with van der Waals surface area (Å²) in [5, 5.41) is 0. The fourth-order valence-electron chi connectivity index (χ4n) is 2.93. The third-order valence-electron chi connectivity index (χ3n) is 3.68. The molecule has 5 heteroatoms. The minimum Gasteiger partial charge on any atom is -0.444 e. The van der Waals surface area contributed by atoms with Crippen molar-refractivity contribution in [2.45, 2.75) is 58.3 Å². The molecule has 0 unspecified atom stereocenters. The smallest absolute Gasteiger partial charge is 0.410 e.